The zero-order valence-corrected chi connectivity index (χ0v) is 11.6. The molecule has 3 nitrogen and oxygen atoms in total. The molecule has 102 valence electrons. The van der Waals surface area contributed by atoms with E-state index in [1.807, 2.05) is 0 Å². The summed E-state index contributed by atoms with van der Waals surface area (Å²) in [5, 5.41) is 9.72. The number of esters is 1. The fraction of sp³-hybridized carbons (Fsp3) is 0.800. The number of carbonyl (C=O) groups is 1. The van der Waals surface area contributed by atoms with Gasteiger partial charge < -0.3 is 9.84 Å². The van der Waals surface area contributed by atoms with Crippen LogP contribution in [0.4, 0.5) is 0 Å². The standard InChI is InChI=1S/C15H24O3/c1-5-6-12(10-14(17)18-4)15(3)8-7-13(16)9-11(15)2/h1,11-13,16H,6-10H2,2-4H3/t11?,12-,13?,15+/m0/s1. The molecule has 1 N–H and O–H groups in total. The van der Waals surface area contributed by atoms with E-state index >= 15 is 0 Å². The molecule has 1 saturated carbocycles. The summed E-state index contributed by atoms with van der Waals surface area (Å²) in [6.07, 6.45) is 8.69. The van der Waals surface area contributed by atoms with Crippen molar-refractivity contribution in [2.75, 3.05) is 7.11 Å². The quantitative estimate of drug-likeness (QED) is 0.617. The van der Waals surface area contributed by atoms with E-state index in [1.165, 1.54) is 7.11 Å². The molecule has 0 bridgehead atoms. The van der Waals surface area contributed by atoms with Crippen molar-refractivity contribution >= 4 is 5.97 Å². The number of terminal acetylenes is 1. The number of rotatable bonds is 4. The molecule has 1 rings (SSSR count). The third-order valence-corrected chi connectivity index (χ3v) is 4.71. The van der Waals surface area contributed by atoms with Crippen LogP contribution in [0.5, 0.6) is 0 Å². The van der Waals surface area contributed by atoms with Crippen LogP contribution >= 0.6 is 0 Å². The van der Waals surface area contributed by atoms with Crippen LogP contribution in [0, 0.1) is 29.6 Å². The molecule has 0 aromatic heterocycles. The Balaban J connectivity index is 2.83. The minimum Gasteiger partial charge on any atom is -0.469 e. The Kier molecular flexibility index (Phi) is 5.22. The predicted molar refractivity (Wildman–Crippen MR) is 70.7 cm³/mol. The Hall–Kier alpha value is -1.01. The lowest BCUT2D eigenvalue weighted by Crippen LogP contribution is -2.41. The van der Waals surface area contributed by atoms with E-state index in [0.29, 0.717) is 18.8 Å². The van der Waals surface area contributed by atoms with Gasteiger partial charge in [0.25, 0.3) is 0 Å². The fourth-order valence-corrected chi connectivity index (χ4v) is 3.09. The molecule has 1 aliphatic rings. The van der Waals surface area contributed by atoms with E-state index in [1.54, 1.807) is 0 Å². The number of aliphatic hydroxyl groups excluding tert-OH is 1. The van der Waals surface area contributed by atoms with Gasteiger partial charge in [-0.1, -0.05) is 13.8 Å². The van der Waals surface area contributed by atoms with Crippen molar-refractivity contribution in [3.63, 3.8) is 0 Å². The Morgan fingerprint density at radius 1 is 1.67 bits per heavy atom. The minimum absolute atomic E-state index is 0.0137. The maximum absolute atomic E-state index is 11.5. The molecule has 1 aliphatic carbocycles. The first kappa shape index (κ1) is 15.0. The summed E-state index contributed by atoms with van der Waals surface area (Å²) in [6.45, 7) is 4.33. The Morgan fingerprint density at radius 2 is 2.33 bits per heavy atom. The van der Waals surface area contributed by atoms with E-state index in [4.69, 9.17) is 11.2 Å². The summed E-state index contributed by atoms with van der Waals surface area (Å²) in [7, 11) is 1.41. The predicted octanol–water partition coefficient (Wildman–Crippen LogP) is 2.38. The summed E-state index contributed by atoms with van der Waals surface area (Å²) in [4.78, 5) is 11.5. The van der Waals surface area contributed by atoms with Crippen molar-refractivity contribution in [2.45, 2.75) is 52.1 Å². The van der Waals surface area contributed by atoms with Gasteiger partial charge in [0.2, 0.25) is 0 Å². The summed E-state index contributed by atoms with van der Waals surface area (Å²) in [5.41, 5.74) is 0.0137. The van der Waals surface area contributed by atoms with E-state index in [9.17, 15) is 9.90 Å². The van der Waals surface area contributed by atoms with Gasteiger partial charge in [-0.2, -0.15) is 0 Å². The summed E-state index contributed by atoms with van der Waals surface area (Å²) >= 11 is 0. The van der Waals surface area contributed by atoms with Crippen LogP contribution in [0.25, 0.3) is 0 Å². The average Bonchev–Trinajstić information content (AvgIpc) is 2.33. The Labute approximate surface area is 110 Å². The maximum atomic E-state index is 11.5. The number of methoxy groups -OCH3 is 1. The van der Waals surface area contributed by atoms with Crippen LogP contribution in [0.1, 0.15) is 46.0 Å². The van der Waals surface area contributed by atoms with Gasteiger partial charge in [0.05, 0.1) is 13.2 Å². The van der Waals surface area contributed by atoms with Crippen LogP contribution in [-0.2, 0) is 9.53 Å². The second-order valence-corrected chi connectivity index (χ2v) is 5.72. The Morgan fingerprint density at radius 3 is 2.83 bits per heavy atom. The van der Waals surface area contributed by atoms with E-state index in [0.717, 1.165) is 19.3 Å². The molecule has 0 aromatic carbocycles. The summed E-state index contributed by atoms with van der Waals surface area (Å²) in [5.74, 6) is 2.98. The number of hydrogen-bond donors (Lipinski definition) is 1. The summed E-state index contributed by atoms with van der Waals surface area (Å²) < 4.78 is 4.76. The van der Waals surface area contributed by atoms with Crippen molar-refractivity contribution in [2.24, 2.45) is 17.3 Å². The molecule has 0 aromatic rings. The Bertz CT molecular complexity index is 331. The largest absolute Gasteiger partial charge is 0.469 e. The van der Waals surface area contributed by atoms with Crippen LogP contribution in [0.2, 0.25) is 0 Å². The van der Waals surface area contributed by atoms with Gasteiger partial charge in [0.15, 0.2) is 0 Å². The van der Waals surface area contributed by atoms with Crippen LogP contribution < -0.4 is 0 Å². The number of hydrogen-bond acceptors (Lipinski definition) is 3. The number of carbonyl (C=O) groups excluding carboxylic acids is 1. The summed E-state index contributed by atoms with van der Waals surface area (Å²) in [6, 6.07) is 0. The first-order chi connectivity index (χ1) is 8.43. The molecule has 2 unspecified atom stereocenters. The van der Waals surface area contributed by atoms with Crippen molar-refractivity contribution < 1.29 is 14.6 Å². The molecule has 0 saturated heterocycles. The zero-order valence-electron chi connectivity index (χ0n) is 11.6. The lowest BCUT2D eigenvalue weighted by molar-refractivity contribution is -0.143. The topological polar surface area (TPSA) is 46.5 Å². The molecule has 0 amide bonds. The lowest BCUT2D eigenvalue weighted by atomic mass is 9.59. The number of aliphatic hydroxyl groups is 1. The fourth-order valence-electron chi connectivity index (χ4n) is 3.09. The van der Waals surface area contributed by atoms with Crippen LogP contribution in [0.15, 0.2) is 0 Å². The third kappa shape index (κ3) is 3.26. The van der Waals surface area contributed by atoms with E-state index in [2.05, 4.69) is 19.8 Å². The maximum Gasteiger partial charge on any atom is 0.305 e. The first-order valence-corrected chi connectivity index (χ1v) is 6.62. The molecular formula is C15H24O3. The second-order valence-electron chi connectivity index (χ2n) is 5.72. The molecule has 0 aliphatic heterocycles. The minimum atomic E-state index is -0.210. The molecule has 0 spiro atoms. The van der Waals surface area contributed by atoms with Gasteiger partial charge in [-0.15, -0.1) is 12.3 Å². The highest BCUT2D eigenvalue weighted by Crippen LogP contribution is 2.48. The molecule has 1 fully saturated rings. The highest BCUT2D eigenvalue weighted by atomic mass is 16.5. The van der Waals surface area contributed by atoms with E-state index < -0.39 is 0 Å². The highest BCUT2D eigenvalue weighted by Gasteiger charge is 2.43. The van der Waals surface area contributed by atoms with Crippen LogP contribution in [0.3, 0.4) is 0 Å². The SMILES string of the molecule is C#CC[C@@H](CC(=O)OC)[C@]1(C)CCC(O)CC1C. The normalized spacial score (nSPS) is 33.5. The lowest BCUT2D eigenvalue weighted by Gasteiger charge is -2.46. The van der Waals surface area contributed by atoms with Crippen molar-refractivity contribution in [3.05, 3.63) is 0 Å². The van der Waals surface area contributed by atoms with Crippen LogP contribution in [-0.4, -0.2) is 24.3 Å². The highest BCUT2D eigenvalue weighted by molar-refractivity contribution is 5.69. The van der Waals surface area contributed by atoms with Crippen molar-refractivity contribution in [1.29, 1.82) is 0 Å². The molecule has 3 heteroatoms. The van der Waals surface area contributed by atoms with Gasteiger partial charge in [0.1, 0.15) is 0 Å². The first-order valence-electron chi connectivity index (χ1n) is 6.62. The molecular weight excluding hydrogens is 228 g/mol. The van der Waals surface area contributed by atoms with E-state index in [-0.39, 0.29) is 23.4 Å². The van der Waals surface area contributed by atoms with Crippen molar-refractivity contribution in [3.8, 4) is 12.3 Å². The molecule has 18 heavy (non-hydrogen) atoms. The van der Waals surface area contributed by atoms with Gasteiger partial charge in [-0.25, -0.2) is 0 Å². The average molecular weight is 252 g/mol. The molecule has 0 heterocycles. The number of ether oxygens (including phenoxy) is 1. The van der Waals surface area contributed by atoms with Gasteiger partial charge in [-0.3, -0.25) is 4.79 Å². The van der Waals surface area contributed by atoms with Crippen molar-refractivity contribution in [1.82, 2.24) is 0 Å². The molecule has 4 atom stereocenters. The van der Waals surface area contributed by atoms with Gasteiger partial charge in [0, 0.05) is 12.8 Å². The second kappa shape index (κ2) is 6.24. The van der Waals surface area contributed by atoms with Gasteiger partial charge >= 0.3 is 5.97 Å². The monoisotopic (exact) mass is 252 g/mol. The van der Waals surface area contributed by atoms with Gasteiger partial charge in [-0.05, 0) is 36.5 Å². The zero-order chi connectivity index (χ0) is 13.8. The smallest absolute Gasteiger partial charge is 0.305 e. The third-order valence-electron chi connectivity index (χ3n) is 4.71. The molecule has 0 radical (unpaired) electrons.